The Labute approximate surface area is 213 Å². The summed E-state index contributed by atoms with van der Waals surface area (Å²) in [6, 6.07) is 16.0. The molecule has 0 aliphatic carbocycles. The van der Waals surface area contributed by atoms with Gasteiger partial charge in [-0.15, -0.1) is 0 Å². The second-order valence-electron chi connectivity index (χ2n) is 10.5. The van der Waals surface area contributed by atoms with Crippen LogP contribution in [0.15, 0.2) is 60.7 Å². The van der Waals surface area contributed by atoms with Crippen LogP contribution in [0.1, 0.15) is 64.8 Å². The molecule has 7 heteroatoms. The molecule has 36 heavy (non-hydrogen) atoms. The molecule has 2 aromatic carbocycles. The third-order valence-electron chi connectivity index (χ3n) is 7.19. The summed E-state index contributed by atoms with van der Waals surface area (Å²) in [7, 11) is 0. The molecule has 1 saturated heterocycles. The van der Waals surface area contributed by atoms with Crippen LogP contribution in [0.5, 0.6) is 0 Å². The number of aliphatic hydroxyl groups is 2. The number of hydrogen-bond donors (Lipinski definition) is 2. The fraction of sp³-hybridized carbons (Fsp3) is 0.483. The maximum absolute atomic E-state index is 14.0. The highest BCUT2D eigenvalue weighted by Crippen LogP contribution is 2.46. The van der Waals surface area contributed by atoms with E-state index in [1.54, 1.807) is 13.8 Å². The van der Waals surface area contributed by atoms with Crippen LogP contribution in [-0.2, 0) is 9.59 Å². The van der Waals surface area contributed by atoms with E-state index in [1.807, 2.05) is 88.4 Å². The van der Waals surface area contributed by atoms with Gasteiger partial charge >= 0.3 is 6.03 Å². The maximum atomic E-state index is 14.0. The van der Waals surface area contributed by atoms with Crippen molar-refractivity contribution in [1.29, 1.82) is 0 Å². The average Bonchev–Trinajstić information content (AvgIpc) is 3.19. The van der Waals surface area contributed by atoms with Crippen LogP contribution in [0.25, 0.3) is 0 Å². The van der Waals surface area contributed by atoms with Crippen molar-refractivity contribution in [3.63, 3.8) is 0 Å². The Balaban J connectivity index is 2.19. The van der Waals surface area contributed by atoms with Gasteiger partial charge in [-0.1, -0.05) is 102 Å². The summed E-state index contributed by atoms with van der Waals surface area (Å²) < 4.78 is 0. The summed E-state index contributed by atoms with van der Waals surface area (Å²) in [4.78, 5) is 43.9. The number of carbonyl (C=O) groups excluding carboxylic acids is 3. The number of urea groups is 1. The minimum absolute atomic E-state index is 0.194. The van der Waals surface area contributed by atoms with E-state index in [4.69, 9.17) is 0 Å². The zero-order chi connectivity index (χ0) is 26.7. The normalized spacial score (nSPS) is 21.6. The molecule has 0 bridgehead atoms. The van der Waals surface area contributed by atoms with E-state index < -0.39 is 54.0 Å². The fourth-order valence-electron chi connectivity index (χ4n) is 4.95. The molecule has 2 N–H and O–H groups in total. The Morgan fingerprint density at radius 1 is 0.639 bits per heavy atom. The first-order chi connectivity index (χ1) is 17.0. The Hall–Kier alpha value is -3.03. The van der Waals surface area contributed by atoms with Gasteiger partial charge in [-0.2, -0.15) is 0 Å². The number of benzene rings is 2. The molecule has 3 rings (SSSR count). The number of amides is 4. The van der Waals surface area contributed by atoms with Crippen LogP contribution >= 0.6 is 0 Å². The lowest BCUT2D eigenvalue weighted by Gasteiger charge is -2.31. The zero-order valence-electron chi connectivity index (χ0n) is 21.9. The van der Waals surface area contributed by atoms with Gasteiger partial charge < -0.3 is 10.2 Å². The third kappa shape index (κ3) is 5.22. The van der Waals surface area contributed by atoms with Crippen molar-refractivity contribution in [2.75, 3.05) is 0 Å². The summed E-state index contributed by atoms with van der Waals surface area (Å²) in [5.74, 6) is -3.18. The Morgan fingerprint density at radius 2 is 0.944 bits per heavy atom. The van der Waals surface area contributed by atoms with Crippen LogP contribution in [0.2, 0.25) is 0 Å². The van der Waals surface area contributed by atoms with E-state index in [9.17, 15) is 24.6 Å². The van der Waals surface area contributed by atoms with Crippen LogP contribution in [0, 0.1) is 23.7 Å². The highest BCUT2D eigenvalue weighted by Gasteiger charge is 2.54. The van der Waals surface area contributed by atoms with Crippen molar-refractivity contribution >= 4 is 17.8 Å². The highest BCUT2D eigenvalue weighted by molar-refractivity contribution is 6.06. The largest absolute Gasteiger partial charge is 0.392 e. The summed E-state index contributed by atoms with van der Waals surface area (Å²) in [5.41, 5.74) is 1.40. The number of aliphatic hydroxyl groups excluding tert-OH is 2. The zero-order valence-corrected chi connectivity index (χ0v) is 21.9. The van der Waals surface area contributed by atoms with Crippen LogP contribution in [0.4, 0.5) is 4.79 Å². The first-order valence-corrected chi connectivity index (χ1v) is 12.6. The number of hydrogen-bond acceptors (Lipinski definition) is 5. The molecule has 7 nitrogen and oxygen atoms in total. The van der Waals surface area contributed by atoms with Gasteiger partial charge in [0.25, 0.3) is 0 Å². The molecule has 1 aliphatic heterocycles. The number of carbonyl (C=O) groups is 3. The molecule has 0 aromatic heterocycles. The molecule has 1 heterocycles. The lowest BCUT2D eigenvalue weighted by molar-refractivity contribution is -0.138. The van der Waals surface area contributed by atoms with E-state index >= 15 is 0 Å². The number of rotatable bonds is 8. The number of nitrogens with zero attached hydrogens (tertiary/aromatic N) is 2. The van der Waals surface area contributed by atoms with Gasteiger partial charge in [0.05, 0.1) is 36.1 Å². The van der Waals surface area contributed by atoms with Gasteiger partial charge in [0.2, 0.25) is 11.8 Å². The van der Waals surface area contributed by atoms with Gasteiger partial charge in [-0.3, -0.25) is 19.4 Å². The van der Waals surface area contributed by atoms with Crippen molar-refractivity contribution in [3.05, 3.63) is 71.8 Å². The van der Waals surface area contributed by atoms with Crippen molar-refractivity contribution in [1.82, 2.24) is 9.80 Å². The molecule has 6 atom stereocenters. The first kappa shape index (κ1) is 27.6. The lowest BCUT2D eigenvalue weighted by Crippen LogP contribution is -2.47. The van der Waals surface area contributed by atoms with Gasteiger partial charge in [-0.05, 0) is 23.0 Å². The molecule has 0 saturated carbocycles. The standard InChI is InChI=1S/C29H38N2O5/c1-17(2)25(32)19(5)27(34)30-23(21-13-9-7-10-14-21)24(22-15-11-8-12-16-22)31(29(30)36)28(35)20(6)26(33)18(3)4/h7-20,23-26,32-33H,1-6H3/t19-,20-,23-,24-,25+,26+/m1/s1. The van der Waals surface area contributed by atoms with Gasteiger partial charge in [0, 0.05) is 0 Å². The van der Waals surface area contributed by atoms with Crippen molar-refractivity contribution in [2.45, 2.75) is 65.8 Å². The Bertz CT molecular complexity index is 972. The molecular weight excluding hydrogens is 456 g/mol. The second-order valence-corrected chi connectivity index (χ2v) is 10.5. The average molecular weight is 495 g/mol. The fourth-order valence-corrected chi connectivity index (χ4v) is 4.95. The van der Waals surface area contributed by atoms with Crippen LogP contribution in [0.3, 0.4) is 0 Å². The second kappa shape index (κ2) is 11.4. The molecular formula is C29H38N2O5. The molecule has 0 spiro atoms. The molecule has 2 aromatic rings. The van der Waals surface area contributed by atoms with Crippen molar-refractivity contribution in [2.24, 2.45) is 23.7 Å². The molecule has 1 aliphatic rings. The smallest absolute Gasteiger partial charge is 0.334 e. The van der Waals surface area contributed by atoms with Crippen LogP contribution in [-0.4, -0.2) is 50.1 Å². The molecule has 4 amide bonds. The summed E-state index contributed by atoms with van der Waals surface area (Å²) in [6.07, 6.45) is -1.91. The molecule has 1 fully saturated rings. The molecule has 194 valence electrons. The van der Waals surface area contributed by atoms with E-state index in [0.717, 1.165) is 9.80 Å². The predicted octanol–water partition coefficient (Wildman–Crippen LogP) is 4.57. The number of imide groups is 2. The summed E-state index contributed by atoms with van der Waals surface area (Å²) in [5, 5.41) is 21.4. The molecule has 0 radical (unpaired) electrons. The maximum Gasteiger partial charge on any atom is 0.334 e. The van der Waals surface area contributed by atoms with Gasteiger partial charge in [0.15, 0.2) is 0 Å². The topological polar surface area (TPSA) is 98.2 Å². The van der Waals surface area contributed by atoms with Gasteiger partial charge in [-0.25, -0.2) is 4.79 Å². The predicted molar refractivity (Wildman–Crippen MR) is 137 cm³/mol. The van der Waals surface area contributed by atoms with E-state index in [-0.39, 0.29) is 11.8 Å². The lowest BCUT2D eigenvalue weighted by atomic mass is 9.89. The first-order valence-electron chi connectivity index (χ1n) is 12.6. The summed E-state index contributed by atoms with van der Waals surface area (Å²) >= 11 is 0. The van der Waals surface area contributed by atoms with Crippen molar-refractivity contribution < 1.29 is 24.6 Å². The van der Waals surface area contributed by atoms with Crippen LogP contribution < -0.4 is 0 Å². The van der Waals surface area contributed by atoms with Gasteiger partial charge in [0.1, 0.15) is 0 Å². The van der Waals surface area contributed by atoms with E-state index in [1.165, 1.54) is 0 Å². The summed E-state index contributed by atoms with van der Waals surface area (Å²) in [6.45, 7) is 10.5. The third-order valence-corrected chi connectivity index (χ3v) is 7.19. The Morgan fingerprint density at radius 3 is 1.22 bits per heavy atom. The minimum Gasteiger partial charge on any atom is -0.392 e. The van der Waals surface area contributed by atoms with Crippen molar-refractivity contribution in [3.8, 4) is 0 Å². The SMILES string of the molecule is CC(C)[C@H](O)[C@@H](C)C(=O)N1C(=O)N(C(=O)[C@H](C)[C@@H](O)C(C)C)[C@H](c2ccccc2)[C@H]1c1ccccc1. The minimum atomic E-state index is -0.955. The van der Waals surface area contributed by atoms with E-state index in [2.05, 4.69) is 0 Å². The quantitative estimate of drug-likeness (QED) is 0.560. The monoisotopic (exact) mass is 494 g/mol. The van der Waals surface area contributed by atoms with E-state index in [0.29, 0.717) is 11.1 Å². The Kier molecular flexibility index (Phi) is 8.69. The molecule has 0 unspecified atom stereocenters. The highest BCUT2D eigenvalue weighted by atomic mass is 16.3.